The number of H-pyrrole nitrogens is 1. The van der Waals surface area contributed by atoms with E-state index in [9.17, 15) is 0 Å². The third-order valence-electron chi connectivity index (χ3n) is 3.51. The van der Waals surface area contributed by atoms with Crippen LogP contribution in [0, 0.1) is 6.92 Å². The summed E-state index contributed by atoms with van der Waals surface area (Å²) in [6.45, 7) is 4.78. The molecule has 21 heavy (non-hydrogen) atoms. The van der Waals surface area contributed by atoms with Crippen molar-refractivity contribution in [1.29, 1.82) is 0 Å². The molecule has 0 saturated carbocycles. The normalized spacial score (nSPS) is 12.5. The van der Waals surface area contributed by atoms with Crippen molar-refractivity contribution in [2.24, 2.45) is 0 Å². The fourth-order valence-corrected chi connectivity index (χ4v) is 2.26. The number of furan rings is 1. The molecule has 0 aliphatic heterocycles. The first-order valence-corrected chi connectivity index (χ1v) is 6.96. The maximum absolute atomic E-state index is 5.65. The Morgan fingerprint density at radius 1 is 1.24 bits per heavy atom. The SMILES string of the molecule is Cc1ccc(-c2[nH]ncc2CNC(C)c2ccncc2)o1. The van der Waals surface area contributed by atoms with Gasteiger partial charge in [-0.3, -0.25) is 10.1 Å². The van der Waals surface area contributed by atoms with E-state index in [0.717, 1.165) is 29.3 Å². The number of aryl methyl sites for hydroxylation is 1. The number of aromatic amines is 1. The molecule has 1 atom stereocenters. The summed E-state index contributed by atoms with van der Waals surface area (Å²) in [6, 6.07) is 8.19. The van der Waals surface area contributed by atoms with E-state index in [1.165, 1.54) is 5.56 Å². The Hall–Kier alpha value is -2.40. The molecule has 0 saturated heterocycles. The maximum Gasteiger partial charge on any atom is 0.152 e. The van der Waals surface area contributed by atoms with Gasteiger partial charge in [-0.05, 0) is 43.7 Å². The summed E-state index contributed by atoms with van der Waals surface area (Å²) >= 11 is 0. The standard InChI is InChI=1S/C16H18N4O/c1-11-3-4-15(21-11)16-14(10-19-20-16)9-18-12(2)13-5-7-17-8-6-13/h3-8,10,12,18H,9H2,1-2H3,(H,19,20). The lowest BCUT2D eigenvalue weighted by Gasteiger charge is -2.13. The maximum atomic E-state index is 5.65. The van der Waals surface area contributed by atoms with Crippen LogP contribution in [0.15, 0.2) is 47.3 Å². The van der Waals surface area contributed by atoms with E-state index < -0.39 is 0 Å². The minimum Gasteiger partial charge on any atom is -0.460 e. The molecular weight excluding hydrogens is 264 g/mol. The van der Waals surface area contributed by atoms with Crippen LogP contribution in [0.4, 0.5) is 0 Å². The van der Waals surface area contributed by atoms with Crippen LogP contribution in [0.3, 0.4) is 0 Å². The molecule has 3 heterocycles. The number of aromatic nitrogens is 3. The van der Waals surface area contributed by atoms with Crippen molar-refractivity contribution < 1.29 is 4.42 Å². The summed E-state index contributed by atoms with van der Waals surface area (Å²) < 4.78 is 5.65. The third kappa shape index (κ3) is 3.03. The molecular formula is C16H18N4O. The first-order valence-electron chi connectivity index (χ1n) is 6.96. The number of pyridine rings is 1. The molecule has 3 rings (SSSR count). The van der Waals surface area contributed by atoms with Crippen molar-refractivity contribution in [3.05, 3.63) is 59.7 Å². The lowest BCUT2D eigenvalue weighted by molar-refractivity contribution is 0.542. The van der Waals surface area contributed by atoms with Gasteiger partial charge in [-0.15, -0.1) is 0 Å². The van der Waals surface area contributed by atoms with Crippen molar-refractivity contribution in [2.45, 2.75) is 26.4 Å². The zero-order valence-corrected chi connectivity index (χ0v) is 12.1. The smallest absolute Gasteiger partial charge is 0.152 e. The molecule has 0 amide bonds. The van der Waals surface area contributed by atoms with Gasteiger partial charge >= 0.3 is 0 Å². The van der Waals surface area contributed by atoms with Gasteiger partial charge in [-0.2, -0.15) is 5.10 Å². The monoisotopic (exact) mass is 282 g/mol. The molecule has 0 bridgehead atoms. The lowest BCUT2D eigenvalue weighted by atomic mass is 10.1. The Kier molecular flexibility index (Phi) is 3.83. The second kappa shape index (κ2) is 5.93. The first-order chi connectivity index (χ1) is 10.2. The van der Waals surface area contributed by atoms with E-state index in [1.54, 1.807) is 0 Å². The average molecular weight is 282 g/mol. The Morgan fingerprint density at radius 3 is 2.76 bits per heavy atom. The first kappa shape index (κ1) is 13.6. The number of rotatable bonds is 5. The Labute approximate surface area is 123 Å². The summed E-state index contributed by atoms with van der Waals surface area (Å²) in [5.41, 5.74) is 3.23. The van der Waals surface area contributed by atoms with Crippen LogP contribution >= 0.6 is 0 Å². The minimum atomic E-state index is 0.245. The summed E-state index contributed by atoms with van der Waals surface area (Å²) in [4.78, 5) is 4.04. The molecule has 0 aromatic carbocycles. The van der Waals surface area contributed by atoms with Crippen molar-refractivity contribution in [2.75, 3.05) is 0 Å². The second-order valence-corrected chi connectivity index (χ2v) is 5.06. The van der Waals surface area contributed by atoms with Gasteiger partial charge in [-0.1, -0.05) is 0 Å². The highest BCUT2D eigenvalue weighted by Gasteiger charge is 2.12. The van der Waals surface area contributed by atoms with E-state index in [2.05, 4.69) is 27.4 Å². The van der Waals surface area contributed by atoms with Gasteiger partial charge in [0.1, 0.15) is 11.5 Å². The molecule has 1 unspecified atom stereocenters. The largest absolute Gasteiger partial charge is 0.460 e. The average Bonchev–Trinajstić information content (AvgIpc) is 3.14. The summed E-state index contributed by atoms with van der Waals surface area (Å²) in [5.74, 6) is 1.71. The number of hydrogen-bond donors (Lipinski definition) is 2. The molecule has 5 heteroatoms. The highest BCUT2D eigenvalue weighted by molar-refractivity contribution is 5.56. The van der Waals surface area contributed by atoms with Gasteiger partial charge in [0.25, 0.3) is 0 Å². The van der Waals surface area contributed by atoms with Crippen molar-refractivity contribution in [3.63, 3.8) is 0 Å². The van der Waals surface area contributed by atoms with Crippen LogP contribution in [-0.2, 0) is 6.54 Å². The zero-order chi connectivity index (χ0) is 14.7. The fraction of sp³-hybridized carbons (Fsp3) is 0.250. The van der Waals surface area contributed by atoms with Crippen LogP contribution in [0.5, 0.6) is 0 Å². The van der Waals surface area contributed by atoms with Crippen LogP contribution in [0.25, 0.3) is 11.5 Å². The van der Waals surface area contributed by atoms with Gasteiger partial charge in [0, 0.05) is 30.5 Å². The number of nitrogens with one attached hydrogen (secondary N) is 2. The Morgan fingerprint density at radius 2 is 2.05 bits per heavy atom. The molecule has 5 nitrogen and oxygen atoms in total. The van der Waals surface area contributed by atoms with E-state index in [4.69, 9.17) is 4.42 Å². The Balaban J connectivity index is 1.71. The summed E-state index contributed by atoms with van der Waals surface area (Å²) in [7, 11) is 0. The van der Waals surface area contributed by atoms with Crippen molar-refractivity contribution in [3.8, 4) is 11.5 Å². The summed E-state index contributed by atoms with van der Waals surface area (Å²) in [6.07, 6.45) is 5.45. The topological polar surface area (TPSA) is 66.7 Å². The second-order valence-electron chi connectivity index (χ2n) is 5.06. The molecule has 3 aromatic heterocycles. The van der Waals surface area contributed by atoms with Gasteiger partial charge in [-0.25, -0.2) is 0 Å². The molecule has 3 aromatic rings. The minimum absolute atomic E-state index is 0.245. The van der Waals surface area contributed by atoms with Crippen molar-refractivity contribution in [1.82, 2.24) is 20.5 Å². The van der Waals surface area contributed by atoms with Gasteiger partial charge in [0.15, 0.2) is 5.76 Å². The predicted molar refractivity (Wildman–Crippen MR) is 80.5 cm³/mol. The third-order valence-corrected chi connectivity index (χ3v) is 3.51. The highest BCUT2D eigenvalue weighted by Crippen LogP contribution is 2.23. The highest BCUT2D eigenvalue weighted by atomic mass is 16.3. The van der Waals surface area contributed by atoms with Crippen LogP contribution in [0.2, 0.25) is 0 Å². The zero-order valence-electron chi connectivity index (χ0n) is 12.1. The van der Waals surface area contributed by atoms with E-state index in [-0.39, 0.29) is 6.04 Å². The number of hydrogen-bond acceptors (Lipinski definition) is 4. The fourth-order valence-electron chi connectivity index (χ4n) is 2.26. The Bertz CT molecular complexity index is 702. The van der Waals surface area contributed by atoms with Gasteiger partial charge in [0.05, 0.1) is 6.20 Å². The lowest BCUT2D eigenvalue weighted by Crippen LogP contribution is -2.18. The molecule has 0 spiro atoms. The van der Waals surface area contributed by atoms with Crippen LogP contribution in [0.1, 0.15) is 29.9 Å². The summed E-state index contributed by atoms with van der Waals surface area (Å²) in [5, 5.41) is 10.6. The number of nitrogens with zero attached hydrogens (tertiary/aromatic N) is 2. The quantitative estimate of drug-likeness (QED) is 0.754. The molecule has 0 radical (unpaired) electrons. The van der Waals surface area contributed by atoms with E-state index in [0.29, 0.717) is 0 Å². The molecule has 0 fully saturated rings. The van der Waals surface area contributed by atoms with Gasteiger partial charge in [0.2, 0.25) is 0 Å². The van der Waals surface area contributed by atoms with Crippen LogP contribution < -0.4 is 5.32 Å². The molecule has 108 valence electrons. The molecule has 2 N–H and O–H groups in total. The predicted octanol–water partition coefficient (Wildman–Crippen LogP) is 3.22. The van der Waals surface area contributed by atoms with Crippen LogP contribution in [-0.4, -0.2) is 15.2 Å². The van der Waals surface area contributed by atoms with Gasteiger partial charge < -0.3 is 9.73 Å². The molecule has 0 aliphatic carbocycles. The van der Waals surface area contributed by atoms with Crippen molar-refractivity contribution >= 4 is 0 Å². The van der Waals surface area contributed by atoms with E-state index >= 15 is 0 Å². The van der Waals surface area contributed by atoms with E-state index in [1.807, 2.05) is 49.8 Å². The molecule has 0 aliphatic rings.